The standard InChI is InChI=1S/C14H18N2O/c1-3-4-5-12-8-14(10-15-9-12)17-11-13-6-7-16(13)2/h3-5,8-10,13H,1,6-7,11H2,2H3/b5-4+/t13-/m0/s1. The van der Waals surface area contributed by atoms with Crippen molar-refractivity contribution in [3.8, 4) is 5.75 Å². The molecule has 0 bridgehead atoms. The summed E-state index contributed by atoms with van der Waals surface area (Å²) in [5, 5.41) is 0. The monoisotopic (exact) mass is 230 g/mol. The van der Waals surface area contributed by atoms with Crippen molar-refractivity contribution in [1.82, 2.24) is 9.88 Å². The molecule has 17 heavy (non-hydrogen) atoms. The molecule has 1 aromatic rings. The number of pyridine rings is 1. The number of likely N-dealkylation sites (N-methyl/N-ethyl adjacent to an activating group) is 1. The predicted octanol–water partition coefficient (Wildman–Crippen LogP) is 2.36. The predicted molar refractivity (Wildman–Crippen MR) is 70.0 cm³/mol. The number of aromatic nitrogens is 1. The fraction of sp³-hybridized carbons (Fsp3) is 0.357. The molecule has 0 amide bonds. The Morgan fingerprint density at radius 3 is 3.12 bits per heavy atom. The average Bonchev–Trinajstić information content (AvgIpc) is 2.35. The average molecular weight is 230 g/mol. The first-order chi connectivity index (χ1) is 8.29. The van der Waals surface area contributed by atoms with Crippen LogP contribution in [-0.2, 0) is 0 Å². The first-order valence-electron chi connectivity index (χ1n) is 5.87. The van der Waals surface area contributed by atoms with Crippen LogP contribution in [0.3, 0.4) is 0 Å². The van der Waals surface area contributed by atoms with Crippen molar-refractivity contribution in [3.05, 3.63) is 42.8 Å². The fourth-order valence-electron chi connectivity index (χ4n) is 1.76. The van der Waals surface area contributed by atoms with Gasteiger partial charge in [0.2, 0.25) is 0 Å². The van der Waals surface area contributed by atoms with Gasteiger partial charge >= 0.3 is 0 Å². The zero-order valence-electron chi connectivity index (χ0n) is 10.2. The lowest BCUT2D eigenvalue weighted by molar-refractivity contribution is 0.0767. The fourth-order valence-corrected chi connectivity index (χ4v) is 1.76. The largest absolute Gasteiger partial charge is 0.490 e. The van der Waals surface area contributed by atoms with Crippen molar-refractivity contribution in [1.29, 1.82) is 0 Å². The Hall–Kier alpha value is -1.61. The number of rotatable bonds is 5. The van der Waals surface area contributed by atoms with Gasteiger partial charge in [-0.15, -0.1) is 0 Å². The van der Waals surface area contributed by atoms with E-state index < -0.39 is 0 Å². The summed E-state index contributed by atoms with van der Waals surface area (Å²) < 4.78 is 5.74. The summed E-state index contributed by atoms with van der Waals surface area (Å²) in [5.41, 5.74) is 1.03. The normalized spacial score (nSPS) is 20.2. The Morgan fingerprint density at radius 1 is 1.59 bits per heavy atom. The van der Waals surface area contributed by atoms with Crippen LogP contribution in [0, 0.1) is 0 Å². The molecule has 3 heteroatoms. The van der Waals surface area contributed by atoms with E-state index in [1.54, 1.807) is 12.3 Å². The SMILES string of the molecule is C=C/C=C/c1cncc(OC[C@@H]2CCN2C)c1. The molecule has 0 spiro atoms. The van der Waals surface area contributed by atoms with Crippen LogP contribution in [0.4, 0.5) is 0 Å². The molecule has 0 unspecified atom stereocenters. The molecule has 0 radical (unpaired) electrons. The summed E-state index contributed by atoms with van der Waals surface area (Å²) in [5.74, 6) is 0.830. The molecule has 1 aromatic heterocycles. The second kappa shape index (κ2) is 5.64. The van der Waals surface area contributed by atoms with Crippen LogP contribution in [0.2, 0.25) is 0 Å². The molecule has 2 rings (SSSR count). The second-order valence-electron chi connectivity index (χ2n) is 4.28. The molecule has 0 aromatic carbocycles. The smallest absolute Gasteiger partial charge is 0.138 e. The van der Waals surface area contributed by atoms with Gasteiger partial charge in [-0.25, -0.2) is 0 Å². The van der Waals surface area contributed by atoms with E-state index in [1.165, 1.54) is 13.0 Å². The highest BCUT2D eigenvalue weighted by Crippen LogP contribution is 2.17. The highest BCUT2D eigenvalue weighted by molar-refractivity contribution is 5.51. The summed E-state index contributed by atoms with van der Waals surface area (Å²) in [7, 11) is 2.12. The Morgan fingerprint density at radius 2 is 2.47 bits per heavy atom. The van der Waals surface area contributed by atoms with E-state index >= 15 is 0 Å². The highest BCUT2D eigenvalue weighted by Gasteiger charge is 2.24. The van der Waals surface area contributed by atoms with Gasteiger partial charge < -0.3 is 4.74 Å². The number of hydrogen-bond acceptors (Lipinski definition) is 3. The maximum atomic E-state index is 5.74. The van der Waals surface area contributed by atoms with E-state index in [0.29, 0.717) is 6.04 Å². The van der Waals surface area contributed by atoms with Crippen LogP contribution in [0.5, 0.6) is 5.75 Å². The van der Waals surface area contributed by atoms with E-state index in [0.717, 1.165) is 17.9 Å². The molecule has 2 heterocycles. The lowest BCUT2D eigenvalue weighted by Crippen LogP contribution is -2.48. The summed E-state index contributed by atoms with van der Waals surface area (Å²) >= 11 is 0. The number of ether oxygens (including phenoxy) is 1. The first-order valence-corrected chi connectivity index (χ1v) is 5.87. The molecular weight excluding hydrogens is 212 g/mol. The number of nitrogens with zero attached hydrogens (tertiary/aromatic N) is 2. The molecule has 1 aliphatic heterocycles. The van der Waals surface area contributed by atoms with E-state index in [4.69, 9.17) is 4.74 Å². The van der Waals surface area contributed by atoms with Crippen molar-refractivity contribution >= 4 is 6.08 Å². The molecule has 0 saturated carbocycles. The quantitative estimate of drug-likeness (QED) is 0.726. The molecule has 90 valence electrons. The van der Waals surface area contributed by atoms with Crippen molar-refractivity contribution in [2.75, 3.05) is 20.2 Å². The number of allylic oxidation sites excluding steroid dienone is 2. The van der Waals surface area contributed by atoms with Gasteiger partial charge in [-0.3, -0.25) is 9.88 Å². The van der Waals surface area contributed by atoms with Gasteiger partial charge in [-0.1, -0.05) is 24.8 Å². The molecule has 1 saturated heterocycles. The summed E-state index contributed by atoms with van der Waals surface area (Å²) in [4.78, 5) is 6.45. The van der Waals surface area contributed by atoms with Crippen LogP contribution >= 0.6 is 0 Å². The maximum Gasteiger partial charge on any atom is 0.138 e. The van der Waals surface area contributed by atoms with Gasteiger partial charge in [-0.05, 0) is 31.6 Å². The molecule has 3 nitrogen and oxygen atoms in total. The van der Waals surface area contributed by atoms with E-state index in [-0.39, 0.29) is 0 Å². The second-order valence-corrected chi connectivity index (χ2v) is 4.28. The molecule has 0 N–H and O–H groups in total. The minimum Gasteiger partial charge on any atom is -0.490 e. The van der Waals surface area contributed by atoms with Crippen LogP contribution in [-0.4, -0.2) is 36.1 Å². The zero-order chi connectivity index (χ0) is 12.1. The molecule has 1 fully saturated rings. The summed E-state index contributed by atoms with van der Waals surface area (Å²) in [6.45, 7) is 5.56. The van der Waals surface area contributed by atoms with Crippen LogP contribution in [0.15, 0.2) is 37.2 Å². The molecule has 1 atom stereocenters. The number of likely N-dealkylation sites (tertiary alicyclic amines) is 1. The Labute approximate surface area is 102 Å². The minimum atomic E-state index is 0.558. The van der Waals surface area contributed by atoms with E-state index in [2.05, 4.69) is 23.5 Å². The lowest BCUT2D eigenvalue weighted by Gasteiger charge is -2.37. The van der Waals surface area contributed by atoms with Crippen molar-refractivity contribution in [3.63, 3.8) is 0 Å². The molecule has 0 aliphatic carbocycles. The van der Waals surface area contributed by atoms with E-state index in [9.17, 15) is 0 Å². The molecule has 1 aliphatic rings. The van der Waals surface area contributed by atoms with Gasteiger partial charge in [0.25, 0.3) is 0 Å². The Bertz CT molecular complexity index is 414. The summed E-state index contributed by atoms with van der Waals surface area (Å²) in [6.07, 6.45) is 10.4. The van der Waals surface area contributed by atoms with Crippen molar-refractivity contribution in [2.24, 2.45) is 0 Å². The zero-order valence-corrected chi connectivity index (χ0v) is 10.2. The number of hydrogen-bond donors (Lipinski definition) is 0. The maximum absolute atomic E-state index is 5.74. The summed E-state index contributed by atoms with van der Waals surface area (Å²) in [6, 6.07) is 2.55. The van der Waals surface area contributed by atoms with Gasteiger partial charge in [0.1, 0.15) is 12.4 Å². The van der Waals surface area contributed by atoms with Crippen LogP contribution in [0.25, 0.3) is 6.08 Å². The highest BCUT2D eigenvalue weighted by atomic mass is 16.5. The van der Waals surface area contributed by atoms with Crippen LogP contribution in [0.1, 0.15) is 12.0 Å². The minimum absolute atomic E-state index is 0.558. The third-order valence-corrected chi connectivity index (χ3v) is 3.04. The van der Waals surface area contributed by atoms with Gasteiger partial charge in [0.05, 0.1) is 6.20 Å². The Kier molecular flexibility index (Phi) is 3.94. The topological polar surface area (TPSA) is 25.4 Å². The van der Waals surface area contributed by atoms with Gasteiger partial charge in [0.15, 0.2) is 0 Å². The van der Waals surface area contributed by atoms with E-state index in [1.807, 2.05) is 24.4 Å². The third kappa shape index (κ3) is 3.17. The third-order valence-electron chi connectivity index (χ3n) is 3.04. The van der Waals surface area contributed by atoms with Crippen molar-refractivity contribution in [2.45, 2.75) is 12.5 Å². The van der Waals surface area contributed by atoms with Crippen molar-refractivity contribution < 1.29 is 4.74 Å². The van der Waals surface area contributed by atoms with Gasteiger partial charge in [0, 0.05) is 12.2 Å². The van der Waals surface area contributed by atoms with Gasteiger partial charge in [-0.2, -0.15) is 0 Å². The first kappa shape index (κ1) is 11.9. The Balaban J connectivity index is 1.91. The molecular formula is C14H18N2O. The van der Waals surface area contributed by atoms with Crippen LogP contribution < -0.4 is 4.74 Å². The lowest BCUT2D eigenvalue weighted by atomic mass is 10.1.